The number of aromatic nitrogens is 3. The van der Waals surface area contributed by atoms with Gasteiger partial charge in [-0.05, 0) is 6.54 Å². The van der Waals surface area contributed by atoms with Gasteiger partial charge in [-0.3, -0.25) is 4.68 Å². The Bertz CT molecular complexity index is 186. The Labute approximate surface area is 65.8 Å². The Morgan fingerprint density at radius 3 is 2.80 bits per heavy atom. The minimum atomic E-state index is 0. The summed E-state index contributed by atoms with van der Waals surface area (Å²) in [6.45, 7) is 0.615. The van der Waals surface area contributed by atoms with Gasteiger partial charge >= 0.3 is 0 Å². The van der Waals surface area contributed by atoms with Crippen molar-refractivity contribution in [1.29, 1.82) is 0 Å². The summed E-state index contributed by atoms with van der Waals surface area (Å²) >= 11 is 0. The Morgan fingerprint density at radius 1 is 1.70 bits per heavy atom. The molecule has 0 aliphatic rings. The Morgan fingerprint density at radius 2 is 2.40 bits per heavy atom. The number of nitrogens with two attached hydrogens (primary N) is 1. The maximum Gasteiger partial charge on any atom is 0.151 e. The number of hydrogen-bond acceptors (Lipinski definition) is 3. The average Bonchev–Trinajstić information content (AvgIpc) is 2.17. The number of rotatable bonds is 2. The average molecular weight is 163 g/mol. The first kappa shape index (κ1) is 9.39. The molecule has 10 heavy (non-hydrogen) atoms. The molecule has 0 aliphatic heterocycles. The zero-order valence-corrected chi connectivity index (χ0v) is 6.64. The van der Waals surface area contributed by atoms with Crippen molar-refractivity contribution in [2.24, 2.45) is 12.8 Å². The van der Waals surface area contributed by atoms with E-state index in [2.05, 4.69) is 10.1 Å². The minimum Gasteiger partial charge on any atom is -0.330 e. The molecule has 1 aromatic heterocycles. The van der Waals surface area contributed by atoms with Crippen LogP contribution in [0.5, 0.6) is 0 Å². The molecule has 0 radical (unpaired) electrons. The van der Waals surface area contributed by atoms with Crippen LogP contribution in [0.15, 0.2) is 6.33 Å². The smallest absolute Gasteiger partial charge is 0.151 e. The topological polar surface area (TPSA) is 56.7 Å². The highest BCUT2D eigenvalue weighted by Crippen LogP contribution is 1.85. The number of halogens is 1. The molecular formula is C5H11ClN4. The fourth-order valence-corrected chi connectivity index (χ4v) is 0.628. The van der Waals surface area contributed by atoms with Crippen LogP contribution in [0.3, 0.4) is 0 Å². The first-order chi connectivity index (χ1) is 4.33. The van der Waals surface area contributed by atoms with E-state index < -0.39 is 0 Å². The molecule has 0 aliphatic carbocycles. The van der Waals surface area contributed by atoms with Crippen molar-refractivity contribution >= 4 is 12.4 Å². The molecule has 1 heterocycles. The third-order valence-corrected chi connectivity index (χ3v) is 1.01. The second-order valence-electron chi connectivity index (χ2n) is 1.87. The van der Waals surface area contributed by atoms with Gasteiger partial charge in [-0.1, -0.05) is 0 Å². The van der Waals surface area contributed by atoms with Gasteiger partial charge in [0.2, 0.25) is 0 Å². The van der Waals surface area contributed by atoms with E-state index in [4.69, 9.17) is 5.73 Å². The van der Waals surface area contributed by atoms with Crippen molar-refractivity contribution in [3.05, 3.63) is 12.2 Å². The van der Waals surface area contributed by atoms with Crippen LogP contribution >= 0.6 is 12.4 Å². The van der Waals surface area contributed by atoms with Crippen LogP contribution < -0.4 is 5.73 Å². The first-order valence-electron chi connectivity index (χ1n) is 2.87. The summed E-state index contributed by atoms with van der Waals surface area (Å²) in [6.07, 6.45) is 2.44. The van der Waals surface area contributed by atoms with E-state index in [0.717, 1.165) is 12.2 Å². The predicted octanol–water partition coefficient (Wildman–Crippen LogP) is -0.262. The van der Waals surface area contributed by atoms with Crippen LogP contribution in [0, 0.1) is 0 Å². The molecule has 58 valence electrons. The highest BCUT2D eigenvalue weighted by atomic mass is 35.5. The fourth-order valence-electron chi connectivity index (χ4n) is 0.628. The van der Waals surface area contributed by atoms with Crippen molar-refractivity contribution in [3.63, 3.8) is 0 Å². The summed E-state index contributed by atoms with van der Waals surface area (Å²) in [5.41, 5.74) is 5.28. The van der Waals surface area contributed by atoms with Crippen molar-refractivity contribution in [2.45, 2.75) is 6.42 Å². The Balaban J connectivity index is 0.000000810. The van der Waals surface area contributed by atoms with Gasteiger partial charge in [0, 0.05) is 13.5 Å². The standard InChI is InChI=1S/C5H10N4.ClH/c1-9-4-7-5(8-9)2-3-6;/h4H,2-3,6H2,1H3;1H. The molecule has 0 fully saturated rings. The van der Waals surface area contributed by atoms with Gasteiger partial charge < -0.3 is 5.73 Å². The van der Waals surface area contributed by atoms with E-state index in [1.807, 2.05) is 7.05 Å². The van der Waals surface area contributed by atoms with Gasteiger partial charge in [0.05, 0.1) is 0 Å². The van der Waals surface area contributed by atoms with Crippen molar-refractivity contribution in [1.82, 2.24) is 14.8 Å². The molecule has 0 amide bonds. The van der Waals surface area contributed by atoms with Gasteiger partial charge in [-0.2, -0.15) is 5.10 Å². The lowest BCUT2D eigenvalue weighted by Crippen LogP contribution is -2.04. The Kier molecular flexibility index (Phi) is 3.99. The summed E-state index contributed by atoms with van der Waals surface area (Å²) in [4.78, 5) is 3.98. The van der Waals surface area contributed by atoms with E-state index in [0.29, 0.717) is 6.54 Å². The number of hydrogen-bond donors (Lipinski definition) is 1. The molecule has 0 aromatic carbocycles. The van der Waals surface area contributed by atoms with Gasteiger partial charge in [0.1, 0.15) is 6.33 Å². The molecular weight excluding hydrogens is 152 g/mol. The van der Waals surface area contributed by atoms with E-state index >= 15 is 0 Å². The van der Waals surface area contributed by atoms with Crippen molar-refractivity contribution in [3.8, 4) is 0 Å². The van der Waals surface area contributed by atoms with Crippen molar-refractivity contribution in [2.75, 3.05) is 6.54 Å². The molecule has 2 N–H and O–H groups in total. The number of aryl methyl sites for hydroxylation is 1. The highest BCUT2D eigenvalue weighted by Gasteiger charge is 1.93. The maximum absolute atomic E-state index is 5.28. The van der Waals surface area contributed by atoms with Crippen LogP contribution in [0.4, 0.5) is 0 Å². The second-order valence-corrected chi connectivity index (χ2v) is 1.87. The largest absolute Gasteiger partial charge is 0.330 e. The molecule has 0 spiro atoms. The third-order valence-electron chi connectivity index (χ3n) is 1.01. The van der Waals surface area contributed by atoms with E-state index in [-0.39, 0.29) is 12.4 Å². The lowest BCUT2D eigenvalue weighted by atomic mass is 10.4. The SMILES string of the molecule is Cl.Cn1cnc(CCN)n1. The fraction of sp³-hybridized carbons (Fsp3) is 0.600. The Hall–Kier alpha value is -0.610. The quantitative estimate of drug-likeness (QED) is 0.652. The summed E-state index contributed by atoms with van der Waals surface area (Å²) in [5.74, 6) is 0.819. The molecule has 0 saturated heterocycles. The molecule has 5 heteroatoms. The normalized spacial score (nSPS) is 9.00. The third kappa shape index (κ3) is 2.33. The lowest BCUT2D eigenvalue weighted by Gasteiger charge is -1.85. The molecule has 1 rings (SSSR count). The summed E-state index contributed by atoms with van der Waals surface area (Å²) in [6, 6.07) is 0. The van der Waals surface area contributed by atoms with Crippen LogP contribution in [0.2, 0.25) is 0 Å². The maximum atomic E-state index is 5.28. The van der Waals surface area contributed by atoms with Gasteiger partial charge in [0.25, 0.3) is 0 Å². The van der Waals surface area contributed by atoms with Crippen LogP contribution in [0.1, 0.15) is 5.82 Å². The van der Waals surface area contributed by atoms with Crippen LogP contribution in [-0.4, -0.2) is 21.3 Å². The van der Waals surface area contributed by atoms with E-state index in [1.54, 1.807) is 11.0 Å². The predicted molar refractivity (Wildman–Crippen MR) is 41.0 cm³/mol. The first-order valence-corrected chi connectivity index (χ1v) is 2.87. The molecule has 0 bridgehead atoms. The van der Waals surface area contributed by atoms with Gasteiger partial charge in [-0.25, -0.2) is 4.98 Å². The summed E-state index contributed by atoms with van der Waals surface area (Å²) < 4.78 is 1.67. The molecule has 1 aromatic rings. The highest BCUT2D eigenvalue weighted by molar-refractivity contribution is 5.85. The molecule has 0 atom stereocenters. The van der Waals surface area contributed by atoms with E-state index in [1.165, 1.54) is 0 Å². The van der Waals surface area contributed by atoms with E-state index in [9.17, 15) is 0 Å². The number of nitrogens with zero attached hydrogens (tertiary/aromatic N) is 3. The zero-order valence-electron chi connectivity index (χ0n) is 5.82. The van der Waals surface area contributed by atoms with Gasteiger partial charge in [-0.15, -0.1) is 12.4 Å². The van der Waals surface area contributed by atoms with Crippen LogP contribution in [0.25, 0.3) is 0 Å². The molecule has 0 saturated carbocycles. The minimum absolute atomic E-state index is 0. The molecule has 4 nitrogen and oxygen atoms in total. The monoisotopic (exact) mass is 162 g/mol. The van der Waals surface area contributed by atoms with Crippen molar-refractivity contribution < 1.29 is 0 Å². The summed E-state index contributed by atoms with van der Waals surface area (Å²) in [7, 11) is 1.84. The lowest BCUT2D eigenvalue weighted by molar-refractivity contribution is 0.739. The second kappa shape index (κ2) is 4.24. The van der Waals surface area contributed by atoms with Crippen LogP contribution in [-0.2, 0) is 13.5 Å². The van der Waals surface area contributed by atoms with Gasteiger partial charge in [0.15, 0.2) is 5.82 Å². The summed E-state index contributed by atoms with van der Waals surface area (Å²) in [5, 5.41) is 4.03. The zero-order chi connectivity index (χ0) is 6.69. The molecule has 0 unspecified atom stereocenters.